The molecule has 1 aliphatic rings. The van der Waals surface area contributed by atoms with Crippen LogP contribution in [0.4, 0.5) is 25.2 Å². The van der Waals surface area contributed by atoms with Gasteiger partial charge in [-0.1, -0.05) is 13.0 Å². The van der Waals surface area contributed by atoms with Crippen molar-refractivity contribution >= 4 is 38.9 Å². The molecule has 0 bridgehead atoms. The topological polar surface area (TPSA) is 148 Å². The fraction of sp³-hybridized carbons (Fsp3) is 0.552. The fourth-order valence-corrected chi connectivity index (χ4v) is 6.19. The number of anilines is 2. The van der Waals surface area contributed by atoms with Gasteiger partial charge in [0.05, 0.1) is 24.3 Å². The lowest BCUT2D eigenvalue weighted by Gasteiger charge is -2.37. The van der Waals surface area contributed by atoms with Crippen molar-refractivity contribution in [2.75, 3.05) is 35.6 Å². The van der Waals surface area contributed by atoms with Crippen LogP contribution in [0, 0.1) is 11.7 Å². The molecule has 1 fully saturated rings. The second kappa shape index (κ2) is 13.0. The van der Waals surface area contributed by atoms with E-state index in [0.29, 0.717) is 12.8 Å². The van der Waals surface area contributed by atoms with Crippen LogP contribution in [0.1, 0.15) is 60.4 Å². The van der Waals surface area contributed by atoms with Crippen molar-refractivity contribution in [2.24, 2.45) is 5.92 Å². The highest BCUT2D eigenvalue weighted by Crippen LogP contribution is 2.26. The summed E-state index contributed by atoms with van der Waals surface area (Å²) in [6.07, 6.45) is 1.70. The zero-order valence-electron chi connectivity index (χ0n) is 25.7. The molecule has 2 N–H and O–H groups in total. The van der Waals surface area contributed by atoms with E-state index in [1.54, 1.807) is 41.5 Å². The van der Waals surface area contributed by atoms with Gasteiger partial charge in [-0.25, -0.2) is 27.6 Å². The third kappa shape index (κ3) is 7.79. The third-order valence-electron chi connectivity index (χ3n) is 6.87. The molecule has 3 aromatic rings. The Labute approximate surface area is 255 Å². The highest BCUT2D eigenvalue weighted by atomic mass is 32.2. The number of fused-ring (bicyclic) bond motifs is 1. The first kappa shape index (κ1) is 33.0. The van der Waals surface area contributed by atoms with Crippen LogP contribution in [0.3, 0.4) is 0 Å². The van der Waals surface area contributed by atoms with E-state index in [0.717, 1.165) is 6.07 Å². The maximum absolute atomic E-state index is 14.9. The smallest absolute Gasteiger partial charge is 0.410 e. The molecule has 0 spiro atoms. The number of aromatic nitrogens is 4. The van der Waals surface area contributed by atoms with E-state index in [9.17, 15) is 26.8 Å². The molecule has 240 valence electrons. The predicted octanol–water partition coefficient (Wildman–Crippen LogP) is 4.73. The van der Waals surface area contributed by atoms with Crippen LogP contribution in [0.2, 0.25) is 0 Å². The normalized spacial score (nSPS) is 17.6. The van der Waals surface area contributed by atoms with Gasteiger partial charge in [0.2, 0.25) is 16.0 Å². The molecule has 2 atom stereocenters. The summed E-state index contributed by atoms with van der Waals surface area (Å²) in [4.78, 5) is 41.2. The molecule has 0 saturated carbocycles. The second-order valence-electron chi connectivity index (χ2n) is 12.2. The number of nitrogens with one attached hydrogen (secondary N) is 2. The minimum atomic E-state index is -3.71. The van der Waals surface area contributed by atoms with Crippen LogP contribution < -0.4 is 15.6 Å². The van der Waals surface area contributed by atoms with E-state index < -0.39 is 45.7 Å². The number of sulfonamides is 1. The highest BCUT2D eigenvalue weighted by Gasteiger charge is 2.33. The molecule has 0 unspecified atom stereocenters. The zero-order chi connectivity index (χ0) is 32.4. The van der Waals surface area contributed by atoms with Crippen LogP contribution in [0.15, 0.2) is 29.2 Å². The summed E-state index contributed by atoms with van der Waals surface area (Å²) in [7, 11) is -3.71. The predicted molar refractivity (Wildman–Crippen MR) is 164 cm³/mol. The van der Waals surface area contributed by atoms with Gasteiger partial charge in [-0.2, -0.15) is 4.98 Å². The standard InChI is InChI=1S/C29H39F2N7O5S/c1-7-10-44(41,42)36-22-9-8-19(12-21(22)31)24-26(39)38(17(2)3)25-23(34-24)14-32-27(35-25)33-20-11-18(13-30)15-37(16-20)28(40)43-29(4,5)6/h8-9,12,14,17-18,20,36H,7,10-11,13,15-16H2,1-6H3,(H,32,33,35)/t18-,20-/m0/s1. The summed E-state index contributed by atoms with van der Waals surface area (Å²) >= 11 is 0. The largest absolute Gasteiger partial charge is 0.444 e. The van der Waals surface area contributed by atoms with Gasteiger partial charge in [-0.15, -0.1) is 0 Å². The Balaban J connectivity index is 1.65. The van der Waals surface area contributed by atoms with Crippen LogP contribution in [-0.4, -0.2) is 76.1 Å². The summed E-state index contributed by atoms with van der Waals surface area (Å²) < 4.78 is 62.0. The van der Waals surface area contributed by atoms with E-state index in [2.05, 4.69) is 25.0 Å². The van der Waals surface area contributed by atoms with Gasteiger partial charge in [0.15, 0.2) is 5.65 Å². The number of carbonyl (C=O) groups excluding carboxylic acids is 1. The first-order valence-corrected chi connectivity index (χ1v) is 16.2. The van der Waals surface area contributed by atoms with Crippen molar-refractivity contribution in [1.82, 2.24) is 24.4 Å². The van der Waals surface area contributed by atoms with Crippen molar-refractivity contribution in [3.05, 3.63) is 40.6 Å². The number of benzene rings is 1. The number of carbonyl (C=O) groups is 1. The molecule has 0 radical (unpaired) electrons. The zero-order valence-corrected chi connectivity index (χ0v) is 26.5. The van der Waals surface area contributed by atoms with Crippen LogP contribution >= 0.6 is 0 Å². The average molecular weight is 636 g/mol. The number of alkyl halides is 1. The van der Waals surface area contributed by atoms with Crippen LogP contribution in [-0.2, 0) is 14.8 Å². The lowest BCUT2D eigenvalue weighted by Crippen LogP contribution is -2.50. The SMILES string of the molecule is CCCS(=O)(=O)Nc1ccc(-c2nc3cnc(N[C@H]4C[C@@H](CF)CN(C(=O)OC(C)(C)C)C4)nc3n(C(C)C)c2=O)cc1F. The van der Waals surface area contributed by atoms with Gasteiger partial charge >= 0.3 is 6.09 Å². The number of nitrogens with zero attached hydrogens (tertiary/aromatic N) is 5. The molecule has 1 aliphatic heterocycles. The minimum Gasteiger partial charge on any atom is -0.444 e. The molecule has 3 heterocycles. The number of piperidine rings is 1. The van der Waals surface area contributed by atoms with Crippen molar-refractivity contribution in [3.63, 3.8) is 0 Å². The summed E-state index contributed by atoms with van der Waals surface area (Å²) in [5.74, 6) is -1.24. The molecule has 12 nitrogen and oxygen atoms in total. The van der Waals surface area contributed by atoms with Crippen LogP contribution in [0.25, 0.3) is 22.4 Å². The molecule has 1 saturated heterocycles. The number of likely N-dealkylation sites (tertiary alicyclic amines) is 1. The second-order valence-corrected chi connectivity index (χ2v) is 14.1. The van der Waals surface area contributed by atoms with Gasteiger partial charge in [0.1, 0.15) is 22.6 Å². The summed E-state index contributed by atoms with van der Waals surface area (Å²) in [5.41, 5.74) is -0.841. The third-order valence-corrected chi connectivity index (χ3v) is 8.35. The van der Waals surface area contributed by atoms with Gasteiger partial charge in [-0.05, 0) is 59.6 Å². The van der Waals surface area contributed by atoms with E-state index in [1.165, 1.54) is 27.8 Å². The number of halogens is 2. The Hall–Kier alpha value is -3.88. The van der Waals surface area contributed by atoms with Crippen molar-refractivity contribution in [1.29, 1.82) is 0 Å². The van der Waals surface area contributed by atoms with Crippen LogP contribution in [0.5, 0.6) is 0 Å². The first-order chi connectivity index (χ1) is 20.6. The summed E-state index contributed by atoms with van der Waals surface area (Å²) in [6.45, 7) is 10.4. The van der Waals surface area contributed by atoms with Gasteiger partial charge in [0, 0.05) is 36.7 Å². The summed E-state index contributed by atoms with van der Waals surface area (Å²) in [5, 5.41) is 3.17. The average Bonchev–Trinajstić information content (AvgIpc) is 2.92. The minimum absolute atomic E-state index is 0.0524. The number of rotatable bonds is 9. The number of hydrogen-bond donors (Lipinski definition) is 2. The molecule has 1 amide bonds. The molecular weight excluding hydrogens is 596 g/mol. The molecular formula is C29H39F2N7O5S. The van der Waals surface area contributed by atoms with E-state index >= 15 is 0 Å². The van der Waals surface area contributed by atoms with E-state index in [4.69, 9.17) is 4.74 Å². The number of hydrogen-bond acceptors (Lipinski definition) is 9. The quantitative estimate of drug-likeness (QED) is 0.340. The molecule has 2 aromatic heterocycles. The molecule has 44 heavy (non-hydrogen) atoms. The van der Waals surface area contributed by atoms with Crippen molar-refractivity contribution < 1.29 is 26.7 Å². The Morgan fingerprint density at radius 1 is 1.20 bits per heavy atom. The Morgan fingerprint density at radius 3 is 2.55 bits per heavy atom. The van der Waals surface area contributed by atoms with Gasteiger partial charge in [-0.3, -0.25) is 18.5 Å². The molecule has 15 heteroatoms. The first-order valence-electron chi connectivity index (χ1n) is 14.5. The maximum atomic E-state index is 14.9. The Morgan fingerprint density at radius 2 is 1.93 bits per heavy atom. The Bertz CT molecular complexity index is 1690. The van der Waals surface area contributed by atoms with Gasteiger partial charge < -0.3 is 15.0 Å². The molecule has 4 rings (SSSR count). The lowest BCUT2D eigenvalue weighted by atomic mass is 9.95. The lowest BCUT2D eigenvalue weighted by molar-refractivity contribution is 0.0139. The maximum Gasteiger partial charge on any atom is 0.410 e. The summed E-state index contributed by atoms with van der Waals surface area (Å²) in [6, 6.07) is 2.98. The molecule has 0 aliphatic carbocycles. The van der Waals surface area contributed by atoms with Gasteiger partial charge in [0.25, 0.3) is 5.56 Å². The number of amides is 1. The van der Waals surface area contributed by atoms with E-state index in [1.807, 2.05) is 0 Å². The fourth-order valence-electron chi connectivity index (χ4n) is 5.05. The Kier molecular flexibility index (Phi) is 9.76. The highest BCUT2D eigenvalue weighted by molar-refractivity contribution is 7.92. The number of ether oxygens (including phenoxy) is 1. The van der Waals surface area contributed by atoms with Crippen molar-refractivity contribution in [2.45, 2.75) is 72.1 Å². The molecule has 1 aromatic carbocycles. The van der Waals surface area contributed by atoms with E-state index in [-0.39, 0.29) is 65.0 Å². The monoisotopic (exact) mass is 635 g/mol. The van der Waals surface area contributed by atoms with Crippen molar-refractivity contribution in [3.8, 4) is 11.3 Å².